The first-order chi connectivity index (χ1) is 14.1. The standard InChI is InChI=1S/C20H17N7O2/c1-14-2-4-15(5-3-14)18-10-11-20(29)26(23-18)12-19(28)22-16-6-8-17(9-7-16)27-13-21-24-25-27/h2-11,13H,12H2,1H3,(H,22,28). The molecule has 144 valence electrons. The van der Waals surface area contributed by atoms with E-state index in [0.717, 1.165) is 21.5 Å². The molecule has 2 aromatic carbocycles. The normalized spacial score (nSPS) is 10.7. The summed E-state index contributed by atoms with van der Waals surface area (Å²) in [5, 5.41) is 18.0. The van der Waals surface area contributed by atoms with E-state index in [1.54, 1.807) is 30.3 Å². The van der Waals surface area contributed by atoms with Crippen LogP contribution in [0.15, 0.2) is 71.8 Å². The van der Waals surface area contributed by atoms with Gasteiger partial charge in [0.15, 0.2) is 0 Å². The van der Waals surface area contributed by atoms with Crippen LogP contribution in [0.25, 0.3) is 16.9 Å². The summed E-state index contributed by atoms with van der Waals surface area (Å²) in [6.45, 7) is 1.81. The first-order valence-electron chi connectivity index (χ1n) is 8.87. The molecule has 4 rings (SSSR count). The van der Waals surface area contributed by atoms with Crippen LogP contribution < -0.4 is 10.9 Å². The van der Waals surface area contributed by atoms with E-state index in [0.29, 0.717) is 11.4 Å². The lowest BCUT2D eigenvalue weighted by Crippen LogP contribution is -2.29. The molecule has 0 saturated carbocycles. The van der Waals surface area contributed by atoms with Gasteiger partial charge >= 0.3 is 0 Å². The predicted octanol–water partition coefficient (Wildman–Crippen LogP) is 1.83. The first-order valence-corrected chi connectivity index (χ1v) is 8.87. The third-order valence-corrected chi connectivity index (χ3v) is 4.27. The number of nitrogens with zero attached hydrogens (tertiary/aromatic N) is 6. The van der Waals surface area contributed by atoms with Gasteiger partial charge in [-0.25, -0.2) is 9.36 Å². The molecule has 29 heavy (non-hydrogen) atoms. The van der Waals surface area contributed by atoms with Crippen molar-refractivity contribution < 1.29 is 4.79 Å². The van der Waals surface area contributed by atoms with Crippen LogP contribution in [0.1, 0.15) is 5.56 Å². The highest BCUT2D eigenvalue weighted by Gasteiger charge is 2.09. The number of aryl methyl sites for hydroxylation is 1. The monoisotopic (exact) mass is 387 g/mol. The van der Waals surface area contributed by atoms with Gasteiger partial charge in [0, 0.05) is 17.3 Å². The Bertz CT molecular complexity index is 1180. The van der Waals surface area contributed by atoms with E-state index in [-0.39, 0.29) is 18.0 Å². The Kier molecular flexibility index (Phi) is 4.93. The fraction of sp³-hybridized carbons (Fsp3) is 0.100. The summed E-state index contributed by atoms with van der Waals surface area (Å²) in [7, 11) is 0. The van der Waals surface area contributed by atoms with Gasteiger partial charge in [-0.1, -0.05) is 29.8 Å². The summed E-state index contributed by atoms with van der Waals surface area (Å²) in [4.78, 5) is 24.5. The molecule has 0 fully saturated rings. The van der Waals surface area contributed by atoms with E-state index >= 15 is 0 Å². The van der Waals surface area contributed by atoms with Crippen molar-refractivity contribution >= 4 is 11.6 Å². The molecule has 0 saturated heterocycles. The zero-order valence-electron chi connectivity index (χ0n) is 15.6. The van der Waals surface area contributed by atoms with Crippen LogP contribution in [0.5, 0.6) is 0 Å². The van der Waals surface area contributed by atoms with Crippen molar-refractivity contribution in [3.8, 4) is 16.9 Å². The van der Waals surface area contributed by atoms with Crippen LogP contribution in [-0.4, -0.2) is 35.9 Å². The van der Waals surface area contributed by atoms with Crippen LogP contribution in [0.2, 0.25) is 0 Å². The SMILES string of the molecule is Cc1ccc(-c2ccc(=O)n(CC(=O)Nc3ccc(-n4cnnn4)cc3)n2)cc1. The molecule has 9 nitrogen and oxygen atoms in total. The zero-order valence-corrected chi connectivity index (χ0v) is 15.6. The van der Waals surface area contributed by atoms with Crippen molar-refractivity contribution in [1.29, 1.82) is 0 Å². The predicted molar refractivity (Wildman–Crippen MR) is 106 cm³/mol. The molecule has 1 amide bonds. The van der Waals surface area contributed by atoms with Gasteiger partial charge in [0.05, 0.1) is 11.4 Å². The average Bonchev–Trinajstić information content (AvgIpc) is 3.26. The molecule has 0 aliphatic heterocycles. The smallest absolute Gasteiger partial charge is 0.267 e. The lowest BCUT2D eigenvalue weighted by molar-refractivity contribution is -0.117. The summed E-state index contributed by atoms with van der Waals surface area (Å²) in [6.07, 6.45) is 1.48. The Labute approximate surface area is 165 Å². The van der Waals surface area contributed by atoms with Crippen LogP contribution in [0, 0.1) is 6.92 Å². The largest absolute Gasteiger partial charge is 0.324 e. The Morgan fingerprint density at radius 1 is 1.00 bits per heavy atom. The molecule has 0 unspecified atom stereocenters. The second kappa shape index (κ2) is 7.85. The maximum atomic E-state index is 12.4. The highest BCUT2D eigenvalue weighted by molar-refractivity contribution is 5.90. The Morgan fingerprint density at radius 3 is 2.45 bits per heavy atom. The topological polar surface area (TPSA) is 108 Å². The minimum absolute atomic E-state index is 0.187. The summed E-state index contributed by atoms with van der Waals surface area (Å²) in [6, 6.07) is 17.9. The number of aromatic nitrogens is 6. The van der Waals surface area contributed by atoms with Crippen LogP contribution >= 0.6 is 0 Å². The Hall–Kier alpha value is -4.14. The molecular weight excluding hydrogens is 370 g/mol. The molecule has 0 bridgehead atoms. The molecule has 2 heterocycles. The van der Waals surface area contributed by atoms with Gasteiger partial charge in [0.1, 0.15) is 12.9 Å². The zero-order chi connectivity index (χ0) is 20.2. The number of hydrogen-bond donors (Lipinski definition) is 1. The van der Waals surface area contributed by atoms with Crippen molar-refractivity contribution in [2.45, 2.75) is 13.5 Å². The number of rotatable bonds is 5. The number of nitrogens with one attached hydrogen (secondary N) is 1. The summed E-state index contributed by atoms with van der Waals surface area (Å²) in [5.74, 6) is -0.351. The van der Waals surface area contributed by atoms with Crippen molar-refractivity contribution in [3.05, 3.63) is 82.9 Å². The molecule has 0 radical (unpaired) electrons. The molecule has 2 aromatic heterocycles. The number of amides is 1. The number of anilines is 1. The van der Waals surface area contributed by atoms with Crippen molar-refractivity contribution in [3.63, 3.8) is 0 Å². The minimum atomic E-state index is -0.351. The fourth-order valence-electron chi connectivity index (χ4n) is 2.75. The third kappa shape index (κ3) is 4.24. The molecular formula is C20H17N7O2. The van der Waals surface area contributed by atoms with Gasteiger partial charge in [0.25, 0.3) is 5.56 Å². The second-order valence-electron chi connectivity index (χ2n) is 6.43. The van der Waals surface area contributed by atoms with Crippen LogP contribution in [0.4, 0.5) is 5.69 Å². The van der Waals surface area contributed by atoms with E-state index in [1.807, 2.05) is 31.2 Å². The Balaban J connectivity index is 1.47. The average molecular weight is 387 g/mol. The fourth-order valence-corrected chi connectivity index (χ4v) is 2.75. The summed E-state index contributed by atoms with van der Waals surface area (Å²) in [5.41, 5.74) is 3.65. The number of carbonyl (C=O) groups is 1. The molecule has 0 atom stereocenters. The van der Waals surface area contributed by atoms with Crippen LogP contribution in [0.3, 0.4) is 0 Å². The molecule has 9 heteroatoms. The number of tetrazole rings is 1. The quantitative estimate of drug-likeness (QED) is 0.560. The van der Waals surface area contributed by atoms with Gasteiger partial charge in [0.2, 0.25) is 5.91 Å². The van der Waals surface area contributed by atoms with E-state index in [4.69, 9.17) is 0 Å². The molecule has 0 spiro atoms. The third-order valence-electron chi connectivity index (χ3n) is 4.27. The molecule has 1 N–H and O–H groups in total. The lowest BCUT2D eigenvalue weighted by atomic mass is 10.1. The maximum Gasteiger partial charge on any atom is 0.267 e. The first kappa shape index (κ1) is 18.2. The van der Waals surface area contributed by atoms with E-state index in [1.165, 1.54) is 17.1 Å². The van der Waals surface area contributed by atoms with E-state index in [9.17, 15) is 9.59 Å². The second-order valence-corrected chi connectivity index (χ2v) is 6.43. The van der Waals surface area contributed by atoms with Gasteiger partial charge < -0.3 is 5.32 Å². The molecule has 0 aliphatic rings. The van der Waals surface area contributed by atoms with Crippen LogP contribution in [-0.2, 0) is 11.3 Å². The number of benzene rings is 2. The van der Waals surface area contributed by atoms with E-state index < -0.39 is 0 Å². The lowest BCUT2D eigenvalue weighted by Gasteiger charge is -2.09. The maximum absolute atomic E-state index is 12.4. The van der Waals surface area contributed by atoms with Gasteiger partial charge in [-0.15, -0.1) is 5.10 Å². The van der Waals surface area contributed by atoms with E-state index in [2.05, 4.69) is 25.9 Å². The highest BCUT2D eigenvalue weighted by Crippen LogP contribution is 2.16. The highest BCUT2D eigenvalue weighted by atomic mass is 16.2. The molecule has 4 aromatic rings. The van der Waals surface area contributed by atoms with Crippen molar-refractivity contribution in [2.75, 3.05) is 5.32 Å². The molecule has 0 aliphatic carbocycles. The van der Waals surface area contributed by atoms with Gasteiger partial charge in [-0.05, 0) is 47.7 Å². The summed E-state index contributed by atoms with van der Waals surface area (Å²) < 4.78 is 2.66. The van der Waals surface area contributed by atoms with Gasteiger partial charge in [-0.2, -0.15) is 5.10 Å². The summed E-state index contributed by atoms with van der Waals surface area (Å²) >= 11 is 0. The van der Waals surface area contributed by atoms with Crippen molar-refractivity contribution in [1.82, 2.24) is 30.0 Å². The number of hydrogen-bond acceptors (Lipinski definition) is 6. The number of carbonyl (C=O) groups excluding carboxylic acids is 1. The van der Waals surface area contributed by atoms with Gasteiger partial charge in [-0.3, -0.25) is 9.59 Å². The minimum Gasteiger partial charge on any atom is -0.324 e. The van der Waals surface area contributed by atoms with Crippen molar-refractivity contribution in [2.24, 2.45) is 0 Å². The Morgan fingerprint density at radius 2 is 1.76 bits per heavy atom.